The highest BCUT2D eigenvalue weighted by Crippen LogP contribution is 2.69. The van der Waals surface area contributed by atoms with Crippen LogP contribution < -0.4 is 5.32 Å². The van der Waals surface area contributed by atoms with Crippen LogP contribution in [0.1, 0.15) is 27.7 Å². The average molecular weight is 424 g/mol. The highest BCUT2D eigenvalue weighted by Gasteiger charge is 2.51. The summed E-state index contributed by atoms with van der Waals surface area (Å²) in [4.78, 5) is 11.7. The molecule has 22 heavy (non-hydrogen) atoms. The fraction of sp³-hybridized carbons (Fsp3) is 0.909. The van der Waals surface area contributed by atoms with Crippen molar-refractivity contribution in [2.45, 2.75) is 33.2 Å². The van der Waals surface area contributed by atoms with Crippen LogP contribution in [0.25, 0.3) is 0 Å². The molecule has 0 bridgehead atoms. The van der Waals surface area contributed by atoms with E-state index >= 15 is 0 Å². The molecule has 0 aliphatic carbocycles. The summed E-state index contributed by atoms with van der Waals surface area (Å²) in [7, 11) is -7.89. The molecule has 0 heterocycles. The number of nitrogens with one attached hydrogen (secondary N) is 1. The molecule has 0 aromatic heterocycles. The molecule has 0 aliphatic heterocycles. The lowest BCUT2D eigenvalue weighted by atomic mass is 10.7. The summed E-state index contributed by atoms with van der Waals surface area (Å²) in [6.45, 7) is 6.66. The number of alkyl halides is 1. The van der Waals surface area contributed by atoms with Gasteiger partial charge in [-0.15, -0.1) is 0 Å². The molecule has 1 amide bonds. The first kappa shape index (κ1) is 22.2. The van der Waals surface area contributed by atoms with Gasteiger partial charge in [-0.25, -0.2) is 0 Å². The highest BCUT2D eigenvalue weighted by molar-refractivity contribution is 9.09. The highest BCUT2D eigenvalue weighted by atomic mass is 79.9. The van der Waals surface area contributed by atoms with Crippen molar-refractivity contribution in [1.29, 1.82) is 0 Å². The van der Waals surface area contributed by atoms with E-state index in [4.69, 9.17) is 18.1 Å². The SMILES string of the molecule is CCOP(=O)(OCC)C(NC(=O)CBr)P(=O)(OCC)OCC. The van der Waals surface area contributed by atoms with Gasteiger partial charge in [0.05, 0.1) is 31.8 Å². The van der Waals surface area contributed by atoms with Gasteiger partial charge in [0.2, 0.25) is 11.4 Å². The number of carbonyl (C=O) groups is 1. The molecule has 0 spiro atoms. The Balaban J connectivity index is 5.80. The molecule has 0 aromatic carbocycles. The van der Waals surface area contributed by atoms with Crippen molar-refractivity contribution in [3.63, 3.8) is 0 Å². The molecule has 0 saturated carbocycles. The predicted molar refractivity (Wildman–Crippen MR) is 87.4 cm³/mol. The van der Waals surface area contributed by atoms with Gasteiger partial charge < -0.3 is 23.4 Å². The zero-order valence-corrected chi connectivity index (χ0v) is 16.6. The Morgan fingerprint density at radius 3 is 1.45 bits per heavy atom. The van der Waals surface area contributed by atoms with Gasteiger partial charge >= 0.3 is 15.2 Å². The molecule has 0 aliphatic rings. The molecule has 0 aromatic rings. The number of rotatable bonds is 12. The Morgan fingerprint density at radius 2 is 1.23 bits per heavy atom. The van der Waals surface area contributed by atoms with E-state index in [1.165, 1.54) is 0 Å². The summed E-state index contributed by atoms with van der Waals surface area (Å²) >= 11 is 2.98. The molecule has 11 heteroatoms. The van der Waals surface area contributed by atoms with Crippen molar-refractivity contribution in [2.24, 2.45) is 0 Å². The van der Waals surface area contributed by atoms with Crippen LogP contribution in [-0.2, 0) is 32.0 Å². The maximum absolute atomic E-state index is 13.0. The summed E-state index contributed by atoms with van der Waals surface area (Å²) in [5.41, 5.74) is -1.52. The van der Waals surface area contributed by atoms with Crippen LogP contribution in [0.15, 0.2) is 0 Å². The first-order chi connectivity index (χ1) is 10.3. The van der Waals surface area contributed by atoms with E-state index in [0.717, 1.165) is 0 Å². The minimum absolute atomic E-state index is 0.0518. The molecule has 8 nitrogen and oxygen atoms in total. The topological polar surface area (TPSA) is 100 Å². The third-order valence-electron chi connectivity index (χ3n) is 2.25. The van der Waals surface area contributed by atoms with Crippen LogP contribution in [0.5, 0.6) is 0 Å². The smallest absolute Gasteiger partial charge is 0.331 e. The Kier molecular flexibility index (Phi) is 11.0. The molecule has 0 atom stereocenters. The Morgan fingerprint density at radius 1 is 0.909 bits per heavy atom. The van der Waals surface area contributed by atoms with Crippen molar-refractivity contribution < 1.29 is 32.0 Å². The van der Waals surface area contributed by atoms with E-state index in [1.807, 2.05) is 0 Å². The first-order valence-corrected chi connectivity index (χ1v) is 11.3. The van der Waals surface area contributed by atoms with Gasteiger partial charge in [-0.05, 0) is 27.7 Å². The first-order valence-electron chi connectivity index (χ1n) is 6.96. The van der Waals surface area contributed by atoms with Crippen molar-refractivity contribution in [3.05, 3.63) is 0 Å². The minimum atomic E-state index is -3.94. The lowest BCUT2D eigenvalue weighted by Gasteiger charge is -2.31. The fourth-order valence-corrected chi connectivity index (χ4v) is 6.70. The van der Waals surface area contributed by atoms with Gasteiger partial charge in [-0.1, -0.05) is 15.9 Å². The van der Waals surface area contributed by atoms with Crippen LogP contribution >= 0.6 is 31.1 Å². The molecule has 0 saturated heterocycles. The van der Waals surface area contributed by atoms with Crippen molar-refractivity contribution in [1.82, 2.24) is 5.32 Å². The van der Waals surface area contributed by atoms with Gasteiger partial charge in [0.1, 0.15) is 0 Å². The predicted octanol–water partition coefficient (Wildman–Crippen LogP) is 3.31. The van der Waals surface area contributed by atoms with Gasteiger partial charge in [0, 0.05) is 0 Å². The van der Waals surface area contributed by atoms with E-state index in [9.17, 15) is 13.9 Å². The zero-order valence-electron chi connectivity index (χ0n) is 13.2. The van der Waals surface area contributed by atoms with Crippen molar-refractivity contribution in [2.75, 3.05) is 31.8 Å². The minimum Gasteiger partial charge on any atom is -0.331 e. The molecule has 0 radical (unpaired) electrons. The molecule has 132 valence electrons. The fourth-order valence-electron chi connectivity index (χ4n) is 1.59. The third kappa shape index (κ3) is 6.40. The van der Waals surface area contributed by atoms with Crippen molar-refractivity contribution in [3.8, 4) is 0 Å². The maximum atomic E-state index is 13.0. The monoisotopic (exact) mass is 423 g/mol. The Hall–Kier alpha value is 0.250. The average Bonchev–Trinajstić information content (AvgIpc) is 2.45. The third-order valence-corrected chi connectivity index (χ3v) is 8.38. The van der Waals surface area contributed by atoms with Gasteiger partial charge in [-0.3, -0.25) is 13.9 Å². The molecule has 0 fully saturated rings. The molecular weight excluding hydrogens is 400 g/mol. The summed E-state index contributed by atoms with van der Waals surface area (Å²) in [6.07, 6.45) is 0. The molecule has 1 N–H and O–H groups in total. The lowest BCUT2D eigenvalue weighted by molar-refractivity contribution is -0.118. The lowest BCUT2D eigenvalue weighted by Crippen LogP contribution is -2.37. The summed E-state index contributed by atoms with van der Waals surface area (Å²) in [5, 5.41) is 2.31. The number of halogens is 1. The number of hydrogen-bond acceptors (Lipinski definition) is 7. The van der Waals surface area contributed by atoms with Gasteiger partial charge in [-0.2, -0.15) is 0 Å². The molecule has 0 rings (SSSR count). The zero-order chi connectivity index (χ0) is 17.2. The summed E-state index contributed by atoms with van der Waals surface area (Å²) in [5.74, 6) is -0.538. The summed E-state index contributed by atoms with van der Waals surface area (Å²) < 4.78 is 46.7. The largest absolute Gasteiger partial charge is 0.365 e. The summed E-state index contributed by atoms with van der Waals surface area (Å²) in [6, 6.07) is 0. The Labute approximate surface area is 139 Å². The van der Waals surface area contributed by atoms with Crippen molar-refractivity contribution >= 4 is 37.0 Å². The number of hydrogen-bond donors (Lipinski definition) is 1. The quantitative estimate of drug-likeness (QED) is 0.379. The van der Waals surface area contributed by atoms with Crippen LogP contribution in [0.2, 0.25) is 0 Å². The number of amides is 1. The standard InChI is InChI=1S/C11H24BrNO7P2/c1-5-17-21(15,18-6-2)11(13-10(14)9-12)22(16,19-7-3)20-8-4/h11H,5-9H2,1-4H3,(H,13,14). The Bertz CT molecular complexity index is 385. The van der Waals surface area contributed by atoms with E-state index in [2.05, 4.69) is 21.2 Å². The van der Waals surface area contributed by atoms with E-state index in [0.29, 0.717) is 0 Å². The second-order valence-electron chi connectivity index (χ2n) is 3.83. The van der Waals surface area contributed by atoms with Gasteiger partial charge in [0.25, 0.3) is 0 Å². The van der Waals surface area contributed by atoms with Crippen LogP contribution in [-0.4, -0.2) is 43.2 Å². The number of carbonyl (C=O) groups excluding carboxylic acids is 1. The van der Waals surface area contributed by atoms with Crippen LogP contribution in [0.3, 0.4) is 0 Å². The second-order valence-corrected chi connectivity index (χ2v) is 9.02. The van der Waals surface area contributed by atoms with E-state index in [-0.39, 0.29) is 31.8 Å². The van der Waals surface area contributed by atoms with Gasteiger partial charge in [0.15, 0.2) is 0 Å². The molecular formula is C11H24BrNO7P2. The van der Waals surface area contributed by atoms with E-state index < -0.39 is 26.6 Å². The van der Waals surface area contributed by atoms with Crippen LogP contribution in [0, 0.1) is 0 Å². The molecule has 0 unspecified atom stereocenters. The normalized spacial score (nSPS) is 12.6. The van der Waals surface area contributed by atoms with Crippen LogP contribution in [0.4, 0.5) is 0 Å². The van der Waals surface area contributed by atoms with E-state index in [1.54, 1.807) is 27.7 Å². The second kappa shape index (κ2) is 10.9. The maximum Gasteiger partial charge on any atom is 0.365 e.